The summed E-state index contributed by atoms with van der Waals surface area (Å²) in [4.78, 5) is 24.6. The molecule has 2 aliphatic heterocycles. The molecular weight excluding hydrogens is 359 g/mol. The Morgan fingerprint density at radius 3 is 2.62 bits per heavy atom. The average Bonchev–Trinajstić information content (AvgIpc) is 2.93. The van der Waals surface area contributed by atoms with E-state index in [1.165, 1.54) is 12.1 Å². The lowest BCUT2D eigenvalue weighted by Crippen LogP contribution is -2.21. The Bertz CT molecular complexity index is 1010. The maximum Gasteiger partial charge on any atom is 0.312 e. The minimum atomic E-state index is -0.537. The van der Waals surface area contributed by atoms with Crippen LogP contribution in [0.25, 0.3) is 0 Å². The number of ketones is 1. The minimum absolute atomic E-state index is 0.0300. The molecule has 0 radical (unpaired) electrons. The van der Waals surface area contributed by atoms with Gasteiger partial charge in [0, 0.05) is 11.5 Å². The number of benzene rings is 2. The van der Waals surface area contributed by atoms with Crippen molar-refractivity contribution >= 4 is 23.4 Å². The lowest BCUT2D eigenvalue weighted by molar-refractivity contribution is -0.135. The third kappa shape index (κ3) is 2.51. The number of fused-ring (bicyclic) bond motifs is 3. The number of hydrogen-bond acceptors (Lipinski definition) is 4. The highest BCUT2D eigenvalue weighted by molar-refractivity contribution is 6.30. The number of allylic oxidation sites excluding steroid dienone is 2. The van der Waals surface area contributed by atoms with Crippen LogP contribution in [-0.2, 0) is 4.79 Å². The first-order valence-corrected chi connectivity index (χ1v) is 8.47. The Morgan fingerprint density at radius 1 is 1.15 bits per heavy atom. The molecule has 132 valence electrons. The van der Waals surface area contributed by atoms with E-state index in [0.717, 1.165) is 5.57 Å². The lowest BCUT2D eigenvalue weighted by atomic mass is 9.84. The van der Waals surface area contributed by atoms with Gasteiger partial charge in [-0.05, 0) is 49.2 Å². The molecule has 4 nitrogen and oxygen atoms in total. The summed E-state index contributed by atoms with van der Waals surface area (Å²) in [5.41, 5.74) is 2.45. The zero-order valence-corrected chi connectivity index (χ0v) is 14.8. The molecule has 6 heteroatoms. The number of rotatable bonds is 1. The van der Waals surface area contributed by atoms with Crippen LogP contribution in [0.5, 0.6) is 11.5 Å². The monoisotopic (exact) mass is 372 g/mol. The molecule has 0 spiro atoms. The predicted molar refractivity (Wildman–Crippen MR) is 93.3 cm³/mol. The van der Waals surface area contributed by atoms with Gasteiger partial charge in [0.25, 0.3) is 0 Å². The summed E-state index contributed by atoms with van der Waals surface area (Å²) < 4.78 is 24.7. The van der Waals surface area contributed by atoms with Crippen molar-refractivity contribution in [3.8, 4) is 11.5 Å². The number of carbonyl (C=O) groups excluding carboxylic acids is 2. The van der Waals surface area contributed by atoms with Crippen molar-refractivity contribution in [2.45, 2.75) is 26.2 Å². The third-order valence-corrected chi connectivity index (χ3v) is 4.84. The van der Waals surface area contributed by atoms with E-state index >= 15 is 0 Å². The molecule has 0 N–H and O–H groups in total. The van der Waals surface area contributed by atoms with Crippen molar-refractivity contribution in [3.63, 3.8) is 0 Å². The van der Waals surface area contributed by atoms with E-state index in [1.807, 2.05) is 0 Å². The van der Waals surface area contributed by atoms with Crippen molar-refractivity contribution < 1.29 is 23.5 Å². The first-order chi connectivity index (χ1) is 12.4. The van der Waals surface area contributed by atoms with Gasteiger partial charge in [0.2, 0.25) is 5.78 Å². The van der Waals surface area contributed by atoms with Crippen molar-refractivity contribution in [2.24, 2.45) is 0 Å². The zero-order chi connectivity index (χ0) is 18.6. The summed E-state index contributed by atoms with van der Waals surface area (Å²) in [6.45, 7) is 3.59. The van der Waals surface area contributed by atoms with Gasteiger partial charge in [-0.25, -0.2) is 4.39 Å². The topological polar surface area (TPSA) is 52.6 Å². The fraction of sp³-hybridized carbons (Fsp3) is 0.200. The molecule has 0 aromatic heterocycles. The van der Waals surface area contributed by atoms with E-state index in [1.54, 1.807) is 32.0 Å². The van der Waals surface area contributed by atoms with Crippen LogP contribution in [-0.4, -0.2) is 11.8 Å². The Hall–Kier alpha value is -2.66. The molecule has 0 fully saturated rings. The van der Waals surface area contributed by atoms with Gasteiger partial charge < -0.3 is 9.47 Å². The second-order valence-corrected chi connectivity index (χ2v) is 6.93. The normalized spacial score (nSPS) is 18.2. The summed E-state index contributed by atoms with van der Waals surface area (Å²) in [5, 5.41) is -0.0300. The number of esters is 1. The van der Waals surface area contributed by atoms with E-state index in [4.69, 9.17) is 21.1 Å². The number of hydrogen-bond donors (Lipinski definition) is 0. The van der Waals surface area contributed by atoms with Crippen LogP contribution < -0.4 is 9.47 Å². The van der Waals surface area contributed by atoms with Gasteiger partial charge in [0.15, 0.2) is 5.76 Å². The molecule has 2 aromatic carbocycles. The molecule has 2 aliphatic rings. The Kier molecular flexibility index (Phi) is 3.84. The van der Waals surface area contributed by atoms with Crippen LogP contribution in [0.1, 0.15) is 47.7 Å². The van der Waals surface area contributed by atoms with Crippen LogP contribution in [0.15, 0.2) is 41.7 Å². The van der Waals surface area contributed by atoms with Crippen molar-refractivity contribution in [1.82, 2.24) is 0 Å². The summed E-state index contributed by atoms with van der Waals surface area (Å²) in [6.07, 6.45) is 0.0487. The van der Waals surface area contributed by atoms with Gasteiger partial charge >= 0.3 is 5.97 Å². The van der Waals surface area contributed by atoms with E-state index in [-0.39, 0.29) is 23.0 Å². The highest BCUT2D eigenvalue weighted by atomic mass is 35.5. The van der Waals surface area contributed by atoms with Gasteiger partial charge in [0.05, 0.1) is 17.0 Å². The number of Topliss-reactive ketones (excluding diaryl/α,β-unsaturated/α-hetero) is 1. The molecule has 0 bridgehead atoms. The summed E-state index contributed by atoms with van der Waals surface area (Å²) in [7, 11) is 0. The average molecular weight is 373 g/mol. The summed E-state index contributed by atoms with van der Waals surface area (Å²) >= 11 is 5.92. The first kappa shape index (κ1) is 16.8. The van der Waals surface area contributed by atoms with Crippen LogP contribution in [0.2, 0.25) is 5.02 Å². The van der Waals surface area contributed by atoms with Crippen molar-refractivity contribution in [3.05, 3.63) is 69.2 Å². The van der Waals surface area contributed by atoms with E-state index < -0.39 is 17.7 Å². The van der Waals surface area contributed by atoms with Crippen LogP contribution in [0, 0.1) is 5.82 Å². The van der Waals surface area contributed by atoms with Crippen molar-refractivity contribution in [2.75, 3.05) is 0 Å². The van der Waals surface area contributed by atoms with Gasteiger partial charge in [-0.1, -0.05) is 17.7 Å². The highest BCUT2D eigenvalue weighted by Gasteiger charge is 2.38. The van der Waals surface area contributed by atoms with Gasteiger partial charge in [0.1, 0.15) is 17.3 Å². The third-order valence-electron chi connectivity index (χ3n) is 4.55. The SMILES string of the molecule is CC(C)=C1Oc2c(ccc3c2C(c2ccc(F)c(Cl)c2)CC(=O)O3)C1=O. The molecule has 0 aliphatic carbocycles. The zero-order valence-electron chi connectivity index (χ0n) is 14.1. The highest BCUT2D eigenvalue weighted by Crippen LogP contribution is 2.49. The quantitative estimate of drug-likeness (QED) is 0.410. The van der Waals surface area contributed by atoms with Crippen LogP contribution in [0.3, 0.4) is 0 Å². The Balaban J connectivity index is 1.92. The second kappa shape index (κ2) is 5.95. The van der Waals surface area contributed by atoms with Crippen LogP contribution >= 0.6 is 11.6 Å². The fourth-order valence-electron chi connectivity index (χ4n) is 3.34. The van der Waals surface area contributed by atoms with E-state index in [2.05, 4.69) is 0 Å². The van der Waals surface area contributed by atoms with E-state index in [9.17, 15) is 14.0 Å². The van der Waals surface area contributed by atoms with Crippen molar-refractivity contribution in [1.29, 1.82) is 0 Å². The maximum absolute atomic E-state index is 13.6. The minimum Gasteiger partial charge on any atom is -0.452 e. The van der Waals surface area contributed by atoms with Gasteiger partial charge in [-0.15, -0.1) is 0 Å². The molecule has 1 atom stereocenters. The Labute approximate surface area is 154 Å². The lowest BCUT2D eigenvalue weighted by Gasteiger charge is -2.26. The van der Waals surface area contributed by atoms with E-state index in [0.29, 0.717) is 28.2 Å². The molecule has 0 saturated carbocycles. The smallest absolute Gasteiger partial charge is 0.312 e. The number of ether oxygens (including phenoxy) is 2. The summed E-state index contributed by atoms with van der Waals surface area (Å²) in [6, 6.07) is 7.51. The molecule has 26 heavy (non-hydrogen) atoms. The number of carbonyl (C=O) groups is 2. The van der Waals surface area contributed by atoms with Crippen LogP contribution in [0.4, 0.5) is 4.39 Å². The first-order valence-electron chi connectivity index (χ1n) is 8.09. The molecule has 0 amide bonds. The number of halogens is 2. The summed E-state index contributed by atoms with van der Waals surface area (Å²) in [5.74, 6) is -0.574. The molecule has 1 unspecified atom stereocenters. The van der Waals surface area contributed by atoms with Gasteiger partial charge in [-0.2, -0.15) is 0 Å². The maximum atomic E-state index is 13.6. The molecular formula is C20H14ClFO4. The standard InChI is InChI=1S/C20H14ClFO4/c1-9(2)19-18(24)11-4-6-15-17(20(11)26-19)12(8-16(23)25-15)10-3-5-14(22)13(21)7-10/h3-7,12H,8H2,1-2H3. The molecule has 0 saturated heterocycles. The molecule has 4 rings (SSSR count). The largest absolute Gasteiger partial charge is 0.452 e. The fourth-order valence-corrected chi connectivity index (χ4v) is 3.52. The van der Waals surface area contributed by atoms with Gasteiger partial charge in [-0.3, -0.25) is 9.59 Å². The molecule has 2 aromatic rings. The molecule has 2 heterocycles. The second-order valence-electron chi connectivity index (χ2n) is 6.52. The Morgan fingerprint density at radius 2 is 1.92 bits per heavy atom. The predicted octanol–water partition coefficient (Wildman–Crippen LogP) is 4.79.